The third kappa shape index (κ3) is 4.74. The van der Waals surface area contributed by atoms with Crippen molar-refractivity contribution in [3.05, 3.63) is 64.2 Å². The van der Waals surface area contributed by atoms with Gasteiger partial charge in [-0.1, -0.05) is 17.4 Å². The molecular weight excluding hydrogens is 412 g/mol. The van der Waals surface area contributed by atoms with Crippen molar-refractivity contribution in [2.24, 2.45) is 0 Å². The van der Waals surface area contributed by atoms with Gasteiger partial charge in [-0.15, -0.1) is 10.2 Å². The lowest BCUT2D eigenvalue weighted by molar-refractivity contribution is -0.117. The van der Waals surface area contributed by atoms with Crippen LogP contribution in [0.4, 0.5) is 10.8 Å². The van der Waals surface area contributed by atoms with Crippen LogP contribution in [0.5, 0.6) is 5.75 Å². The molecule has 1 aromatic heterocycles. The zero-order valence-corrected chi connectivity index (χ0v) is 18.5. The lowest BCUT2D eigenvalue weighted by atomic mass is 10.1. The maximum atomic E-state index is 12.6. The molecule has 8 heteroatoms. The van der Waals surface area contributed by atoms with Crippen LogP contribution in [-0.4, -0.2) is 35.2 Å². The van der Waals surface area contributed by atoms with Crippen molar-refractivity contribution in [3.8, 4) is 5.75 Å². The Labute approximate surface area is 185 Å². The fourth-order valence-corrected chi connectivity index (χ4v) is 4.55. The topological polar surface area (TPSA) is 84.4 Å². The maximum absolute atomic E-state index is 12.6. The maximum Gasteiger partial charge on any atom is 0.257 e. The number of hydrogen-bond donors (Lipinski definition) is 1. The molecule has 1 atom stereocenters. The first-order valence-electron chi connectivity index (χ1n) is 10.2. The second-order valence-corrected chi connectivity index (χ2v) is 8.62. The summed E-state index contributed by atoms with van der Waals surface area (Å²) in [5, 5.41) is 12.3. The van der Waals surface area contributed by atoms with E-state index in [0.29, 0.717) is 30.3 Å². The highest BCUT2D eigenvalue weighted by Crippen LogP contribution is 2.35. The Hall–Kier alpha value is -3.26. The van der Waals surface area contributed by atoms with Crippen LogP contribution >= 0.6 is 11.3 Å². The van der Waals surface area contributed by atoms with Gasteiger partial charge in [0.2, 0.25) is 11.0 Å². The van der Waals surface area contributed by atoms with Crippen molar-refractivity contribution in [2.75, 3.05) is 23.4 Å². The van der Waals surface area contributed by atoms with Crippen LogP contribution in [0.3, 0.4) is 0 Å². The van der Waals surface area contributed by atoms with Crippen LogP contribution in [-0.2, 0) is 4.79 Å². The van der Waals surface area contributed by atoms with Crippen LogP contribution in [0.25, 0.3) is 0 Å². The van der Waals surface area contributed by atoms with E-state index >= 15 is 0 Å². The molecule has 1 N–H and O–H groups in total. The minimum absolute atomic E-state index is 0.0399. The highest BCUT2D eigenvalue weighted by Gasteiger charge is 2.34. The molecule has 4 rings (SSSR count). The Morgan fingerprint density at radius 3 is 2.55 bits per heavy atom. The van der Waals surface area contributed by atoms with E-state index in [4.69, 9.17) is 4.74 Å². The average Bonchev–Trinajstić information content (AvgIpc) is 3.34. The molecule has 1 aliphatic rings. The fourth-order valence-electron chi connectivity index (χ4n) is 3.72. The number of carbonyl (C=O) groups is 2. The van der Waals surface area contributed by atoms with Crippen LogP contribution in [0.2, 0.25) is 0 Å². The van der Waals surface area contributed by atoms with Crippen LogP contribution in [0, 0.1) is 13.8 Å². The number of amides is 2. The number of aryl methyl sites for hydroxylation is 2. The summed E-state index contributed by atoms with van der Waals surface area (Å²) in [4.78, 5) is 26.9. The van der Waals surface area contributed by atoms with Gasteiger partial charge >= 0.3 is 0 Å². The third-order valence-electron chi connectivity index (χ3n) is 5.08. The Morgan fingerprint density at radius 1 is 1.16 bits per heavy atom. The summed E-state index contributed by atoms with van der Waals surface area (Å²) < 4.78 is 5.40. The predicted molar refractivity (Wildman–Crippen MR) is 121 cm³/mol. The molecule has 0 saturated carbocycles. The van der Waals surface area contributed by atoms with E-state index in [1.807, 2.05) is 37.8 Å². The molecule has 3 aromatic rings. The summed E-state index contributed by atoms with van der Waals surface area (Å²) in [6, 6.07) is 13.1. The second kappa shape index (κ2) is 8.85. The number of aromatic nitrogens is 2. The quantitative estimate of drug-likeness (QED) is 0.622. The normalized spacial score (nSPS) is 15.9. The standard InChI is InChI=1S/C23H24N4O3S/c1-4-30-19-7-5-16(6-8-19)21(29)24-23-26-25-22(31-23)17-12-20(28)27(13-17)18-10-14(2)9-15(3)11-18/h5-11,17H,4,12-13H2,1-3H3,(H,24,26,29). The van der Waals surface area contributed by atoms with Gasteiger partial charge in [-0.2, -0.15) is 0 Å². The lowest BCUT2D eigenvalue weighted by Crippen LogP contribution is -2.24. The van der Waals surface area contributed by atoms with E-state index < -0.39 is 0 Å². The van der Waals surface area contributed by atoms with Crippen LogP contribution < -0.4 is 15.0 Å². The Morgan fingerprint density at radius 2 is 1.87 bits per heavy atom. The Kier molecular flexibility index (Phi) is 5.99. The molecule has 7 nitrogen and oxygen atoms in total. The first-order chi connectivity index (χ1) is 14.9. The molecule has 0 bridgehead atoms. The molecular formula is C23H24N4O3S. The molecule has 2 aromatic carbocycles. The number of benzene rings is 2. The summed E-state index contributed by atoms with van der Waals surface area (Å²) in [7, 11) is 0. The molecule has 0 aliphatic carbocycles. The molecule has 31 heavy (non-hydrogen) atoms. The van der Waals surface area contributed by atoms with E-state index in [-0.39, 0.29) is 17.7 Å². The van der Waals surface area contributed by atoms with Gasteiger partial charge in [-0.05, 0) is 68.3 Å². The van der Waals surface area contributed by atoms with Crippen LogP contribution in [0.1, 0.15) is 45.8 Å². The van der Waals surface area contributed by atoms with Crippen molar-refractivity contribution in [1.29, 1.82) is 0 Å². The predicted octanol–water partition coefficient (Wildman–Crippen LogP) is 4.33. The number of nitrogens with one attached hydrogen (secondary N) is 1. The van der Waals surface area contributed by atoms with Crippen molar-refractivity contribution in [1.82, 2.24) is 10.2 Å². The fraction of sp³-hybridized carbons (Fsp3) is 0.304. The molecule has 1 saturated heterocycles. The van der Waals surface area contributed by atoms with Crippen LogP contribution in [0.15, 0.2) is 42.5 Å². The molecule has 1 fully saturated rings. The van der Waals surface area contributed by atoms with E-state index in [2.05, 4.69) is 21.6 Å². The van der Waals surface area contributed by atoms with E-state index in [9.17, 15) is 9.59 Å². The smallest absolute Gasteiger partial charge is 0.257 e. The lowest BCUT2D eigenvalue weighted by Gasteiger charge is -2.17. The first kappa shape index (κ1) is 21.0. The molecule has 1 unspecified atom stereocenters. The van der Waals surface area contributed by atoms with E-state index in [1.165, 1.54) is 11.3 Å². The van der Waals surface area contributed by atoms with Gasteiger partial charge in [0.25, 0.3) is 5.91 Å². The van der Waals surface area contributed by atoms with E-state index in [0.717, 1.165) is 27.6 Å². The molecule has 0 spiro atoms. The highest BCUT2D eigenvalue weighted by atomic mass is 32.1. The van der Waals surface area contributed by atoms with Gasteiger partial charge in [-0.3, -0.25) is 14.9 Å². The summed E-state index contributed by atoms with van der Waals surface area (Å²) in [5.41, 5.74) is 3.68. The number of nitrogens with zero attached hydrogens (tertiary/aromatic N) is 3. The Bertz CT molecular complexity index is 1090. The van der Waals surface area contributed by atoms with Gasteiger partial charge in [0.15, 0.2) is 0 Å². The highest BCUT2D eigenvalue weighted by molar-refractivity contribution is 7.15. The average molecular weight is 437 g/mol. The number of carbonyl (C=O) groups excluding carboxylic acids is 2. The number of hydrogen-bond acceptors (Lipinski definition) is 6. The zero-order valence-electron chi connectivity index (χ0n) is 17.7. The summed E-state index contributed by atoms with van der Waals surface area (Å²) in [5.74, 6) is 0.494. The van der Waals surface area contributed by atoms with Gasteiger partial charge in [0, 0.05) is 30.1 Å². The van der Waals surface area contributed by atoms with Crippen molar-refractivity contribution >= 4 is 34.0 Å². The first-order valence-corrected chi connectivity index (χ1v) is 11.0. The molecule has 1 aliphatic heterocycles. The van der Waals surface area contributed by atoms with Crippen molar-refractivity contribution in [3.63, 3.8) is 0 Å². The number of ether oxygens (including phenoxy) is 1. The largest absolute Gasteiger partial charge is 0.494 e. The number of anilines is 2. The Balaban J connectivity index is 1.42. The molecule has 0 radical (unpaired) electrons. The van der Waals surface area contributed by atoms with Crippen molar-refractivity contribution < 1.29 is 14.3 Å². The van der Waals surface area contributed by atoms with Gasteiger partial charge in [-0.25, -0.2) is 0 Å². The van der Waals surface area contributed by atoms with Crippen molar-refractivity contribution in [2.45, 2.75) is 33.1 Å². The third-order valence-corrected chi connectivity index (χ3v) is 6.08. The summed E-state index contributed by atoms with van der Waals surface area (Å²) in [6.45, 7) is 7.09. The van der Waals surface area contributed by atoms with E-state index in [1.54, 1.807) is 24.3 Å². The summed E-state index contributed by atoms with van der Waals surface area (Å²) in [6.07, 6.45) is 0.383. The number of rotatable bonds is 6. The second-order valence-electron chi connectivity index (χ2n) is 7.61. The minimum Gasteiger partial charge on any atom is -0.494 e. The van der Waals surface area contributed by atoms with Gasteiger partial charge in [0.1, 0.15) is 10.8 Å². The summed E-state index contributed by atoms with van der Waals surface area (Å²) >= 11 is 1.31. The minimum atomic E-state index is -0.259. The SMILES string of the molecule is CCOc1ccc(C(=O)Nc2nnc(C3CC(=O)N(c4cc(C)cc(C)c4)C3)s2)cc1. The zero-order chi connectivity index (χ0) is 22.0. The monoisotopic (exact) mass is 436 g/mol. The molecule has 2 heterocycles. The molecule has 160 valence electrons. The van der Waals surface area contributed by atoms with Gasteiger partial charge < -0.3 is 9.64 Å². The molecule has 2 amide bonds. The van der Waals surface area contributed by atoms with Gasteiger partial charge in [0.05, 0.1) is 6.61 Å².